The smallest absolute Gasteiger partial charge is 0.213 e. The molecule has 4 heterocycles. The fraction of sp³-hybridized carbons (Fsp3) is 0.111. The fourth-order valence-electron chi connectivity index (χ4n) is 4.29. The van der Waals surface area contributed by atoms with Gasteiger partial charge in [-0.2, -0.15) is 0 Å². The van der Waals surface area contributed by atoms with Gasteiger partial charge < -0.3 is 24.1 Å². The molecule has 0 bridgehead atoms. The summed E-state index contributed by atoms with van der Waals surface area (Å²) >= 11 is 0. The van der Waals surface area contributed by atoms with Gasteiger partial charge in [0.25, 0.3) is 0 Å². The van der Waals surface area contributed by atoms with Crippen molar-refractivity contribution >= 4 is 46.1 Å². The molecule has 0 saturated carbocycles. The van der Waals surface area contributed by atoms with Crippen molar-refractivity contribution in [2.75, 3.05) is 28.1 Å². The average molecular weight is 601 g/mol. The van der Waals surface area contributed by atoms with Crippen LogP contribution in [0.15, 0.2) is 97.3 Å². The Bertz CT molecular complexity index is 1960. The minimum absolute atomic E-state index is 0.231. The van der Waals surface area contributed by atoms with Gasteiger partial charge in [-0.3, -0.25) is 0 Å². The number of nitrogens with zero attached hydrogens (tertiary/aromatic N) is 4. The van der Waals surface area contributed by atoms with Crippen LogP contribution in [0, 0.1) is 0 Å². The van der Waals surface area contributed by atoms with Crippen molar-refractivity contribution in [3.05, 3.63) is 120 Å². The molecule has 0 amide bonds. The van der Waals surface area contributed by atoms with E-state index in [1.165, 1.54) is 0 Å². The highest BCUT2D eigenvalue weighted by Gasteiger charge is 2.01. The van der Waals surface area contributed by atoms with Gasteiger partial charge in [0.1, 0.15) is 11.5 Å². The average Bonchev–Trinajstić information content (AvgIpc) is 3.09. The highest BCUT2D eigenvalue weighted by molar-refractivity contribution is 5.83. The zero-order valence-electron chi connectivity index (χ0n) is 25.1. The minimum atomic E-state index is 0.231. The summed E-state index contributed by atoms with van der Waals surface area (Å²) in [5.74, 6) is 2.18. The van der Waals surface area contributed by atoms with E-state index in [1.807, 2.05) is 91.0 Å². The van der Waals surface area contributed by atoms with Crippen molar-refractivity contribution in [3.63, 3.8) is 0 Å². The van der Waals surface area contributed by atoms with Crippen LogP contribution in [0.5, 0.6) is 23.3 Å². The number of aromatic nitrogens is 4. The van der Waals surface area contributed by atoms with E-state index >= 15 is 0 Å². The molecule has 9 heteroatoms. The molecule has 2 aromatic carbocycles. The first-order chi connectivity index (χ1) is 22.0. The van der Waals surface area contributed by atoms with Crippen LogP contribution in [0.4, 0.5) is 0 Å². The summed E-state index contributed by atoms with van der Waals surface area (Å²) in [6.45, 7) is 0.231. The second-order valence-electron chi connectivity index (χ2n) is 9.68. The van der Waals surface area contributed by atoms with E-state index in [0.717, 1.165) is 50.1 Å². The number of phenols is 1. The van der Waals surface area contributed by atoms with Gasteiger partial charge in [0.15, 0.2) is 6.79 Å². The number of benzene rings is 2. The zero-order valence-corrected chi connectivity index (χ0v) is 25.1. The minimum Gasteiger partial charge on any atom is -0.508 e. The molecule has 45 heavy (non-hydrogen) atoms. The molecule has 4 aromatic heterocycles. The Labute approximate surface area is 261 Å². The van der Waals surface area contributed by atoms with Crippen LogP contribution < -0.4 is 14.2 Å². The molecule has 0 aliphatic carbocycles. The summed E-state index contributed by atoms with van der Waals surface area (Å²) in [4.78, 5) is 17.3. The van der Waals surface area contributed by atoms with Crippen LogP contribution >= 0.6 is 0 Å². The van der Waals surface area contributed by atoms with Crippen molar-refractivity contribution in [1.29, 1.82) is 0 Å². The lowest BCUT2D eigenvalue weighted by molar-refractivity contribution is 0.0512. The second kappa shape index (κ2) is 15.1. The van der Waals surface area contributed by atoms with Crippen molar-refractivity contribution < 1.29 is 24.1 Å². The molecule has 0 unspecified atom stereocenters. The van der Waals surface area contributed by atoms with Crippen molar-refractivity contribution in [2.24, 2.45) is 0 Å². The summed E-state index contributed by atoms with van der Waals surface area (Å²) < 4.78 is 20.6. The molecule has 0 aliphatic heterocycles. The molecular formula is C36H32N4O5. The first-order valence-electron chi connectivity index (χ1n) is 14.0. The van der Waals surface area contributed by atoms with E-state index in [-0.39, 0.29) is 12.5 Å². The van der Waals surface area contributed by atoms with Gasteiger partial charge in [0, 0.05) is 42.4 Å². The molecule has 0 fully saturated rings. The molecule has 0 saturated heterocycles. The third kappa shape index (κ3) is 8.62. The Balaban J connectivity index is 0.000000179. The van der Waals surface area contributed by atoms with Crippen LogP contribution in [0.3, 0.4) is 0 Å². The first kappa shape index (κ1) is 30.7. The van der Waals surface area contributed by atoms with Crippen molar-refractivity contribution in [3.8, 4) is 23.3 Å². The number of pyridine rings is 4. The highest BCUT2D eigenvalue weighted by Crippen LogP contribution is 2.22. The monoisotopic (exact) mass is 600 g/mol. The molecule has 0 atom stereocenters. The fourth-order valence-corrected chi connectivity index (χ4v) is 4.29. The largest absolute Gasteiger partial charge is 0.508 e. The summed E-state index contributed by atoms with van der Waals surface area (Å²) in [7, 11) is 4.79. The van der Waals surface area contributed by atoms with Crippen LogP contribution in [-0.4, -0.2) is 53.2 Å². The predicted molar refractivity (Wildman–Crippen MR) is 177 cm³/mol. The lowest BCUT2D eigenvalue weighted by Crippen LogP contribution is -1.98. The number of rotatable bonds is 9. The number of fused-ring (bicyclic) bond motifs is 2. The summed E-state index contributed by atoms with van der Waals surface area (Å²) in [5, 5.41) is 11.4. The van der Waals surface area contributed by atoms with Crippen LogP contribution in [0.25, 0.3) is 46.1 Å². The number of hydrogen-bond donors (Lipinski definition) is 1. The predicted octanol–water partition coefficient (Wildman–Crippen LogP) is 7.31. The normalized spacial score (nSPS) is 11.1. The van der Waals surface area contributed by atoms with E-state index in [4.69, 9.17) is 18.9 Å². The highest BCUT2D eigenvalue weighted by atomic mass is 16.7. The summed E-state index contributed by atoms with van der Waals surface area (Å²) in [5.41, 5.74) is 5.49. The van der Waals surface area contributed by atoms with Gasteiger partial charge in [0.05, 0.1) is 36.6 Å². The Kier molecular flexibility index (Phi) is 10.3. The Morgan fingerprint density at radius 1 is 0.600 bits per heavy atom. The standard InChI is InChI=1S/C19H18N2O3.C17H14N2O2/c1-22-13-24-17-7-8-18-15(12-17)4-6-16(21-18)5-3-14-9-10-20-19(11-14)23-2;1-21-17-10-12(8-9-18-17)2-4-14-5-3-13-11-15(20)6-7-16(13)19-14/h3-12H,13H2,1-2H3;2-11,20H,1H3/b5-3+;4-2+. The van der Waals surface area contributed by atoms with Crippen LogP contribution in [0.1, 0.15) is 22.5 Å². The number of phenolic OH excluding ortho intramolecular Hbond substituents is 1. The third-order valence-electron chi connectivity index (χ3n) is 6.55. The molecular weight excluding hydrogens is 568 g/mol. The summed E-state index contributed by atoms with van der Waals surface area (Å²) in [6, 6.07) is 26.3. The topological polar surface area (TPSA) is 109 Å². The number of hydrogen-bond acceptors (Lipinski definition) is 9. The molecule has 0 aliphatic rings. The van der Waals surface area contributed by atoms with Gasteiger partial charge in [-0.15, -0.1) is 0 Å². The van der Waals surface area contributed by atoms with Gasteiger partial charge in [-0.1, -0.05) is 24.3 Å². The lowest BCUT2D eigenvalue weighted by atomic mass is 10.1. The zero-order chi connectivity index (χ0) is 31.4. The molecule has 0 spiro atoms. The quantitative estimate of drug-likeness (QED) is 0.171. The maximum atomic E-state index is 9.44. The molecule has 1 N–H and O–H groups in total. The van der Waals surface area contributed by atoms with E-state index in [9.17, 15) is 5.11 Å². The van der Waals surface area contributed by atoms with Gasteiger partial charge >= 0.3 is 0 Å². The van der Waals surface area contributed by atoms with Gasteiger partial charge in [-0.25, -0.2) is 19.9 Å². The van der Waals surface area contributed by atoms with Gasteiger partial charge in [0.2, 0.25) is 11.8 Å². The molecule has 226 valence electrons. The maximum absolute atomic E-state index is 9.44. The van der Waals surface area contributed by atoms with E-state index in [1.54, 1.807) is 51.9 Å². The molecule has 6 rings (SSSR count). The van der Waals surface area contributed by atoms with Crippen LogP contribution in [-0.2, 0) is 4.74 Å². The van der Waals surface area contributed by atoms with Crippen molar-refractivity contribution in [1.82, 2.24) is 19.9 Å². The molecule has 9 nitrogen and oxygen atoms in total. The van der Waals surface area contributed by atoms with Crippen molar-refractivity contribution in [2.45, 2.75) is 0 Å². The SMILES string of the molecule is COCOc1ccc2nc(/C=C/c3ccnc(OC)c3)ccc2c1.COc1cc(/C=C/c2ccc3cc(O)ccc3n2)ccn1. The maximum Gasteiger partial charge on any atom is 0.213 e. The Hall–Kier alpha value is -5.80. The second-order valence-corrected chi connectivity index (χ2v) is 9.68. The first-order valence-corrected chi connectivity index (χ1v) is 14.0. The molecule has 6 aromatic rings. The van der Waals surface area contributed by atoms with E-state index in [2.05, 4.69) is 19.9 Å². The number of ether oxygens (including phenoxy) is 4. The third-order valence-corrected chi connectivity index (χ3v) is 6.55. The number of aromatic hydroxyl groups is 1. The number of methoxy groups -OCH3 is 3. The molecule has 0 radical (unpaired) electrons. The lowest BCUT2D eigenvalue weighted by Gasteiger charge is -2.06. The Morgan fingerprint density at radius 3 is 1.71 bits per heavy atom. The Morgan fingerprint density at radius 2 is 1.16 bits per heavy atom. The van der Waals surface area contributed by atoms with Gasteiger partial charge in [-0.05, 0) is 83.9 Å². The van der Waals surface area contributed by atoms with E-state index < -0.39 is 0 Å². The van der Waals surface area contributed by atoms with Crippen LogP contribution in [0.2, 0.25) is 0 Å². The van der Waals surface area contributed by atoms with E-state index in [0.29, 0.717) is 11.8 Å². The summed E-state index contributed by atoms with van der Waals surface area (Å²) in [6.07, 6.45) is 11.3.